The van der Waals surface area contributed by atoms with Crippen LogP contribution in [0, 0.1) is 0 Å². The fourth-order valence-corrected chi connectivity index (χ4v) is 9.52. The zero-order chi connectivity index (χ0) is 36.5. The first-order chi connectivity index (χ1) is 27.8. The van der Waals surface area contributed by atoms with Crippen LogP contribution in [0.4, 0.5) is 34.1 Å². The molecule has 56 heavy (non-hydrogen) atoms. The van der Waals surface area contributed by atoms with Gasteiger partial charge >= 0.3 is 0 Å². The molecule has 6 heteroatoms. The number of para-hydroxylation sites is 8. The minimum Gasteiger partial charge on any atom is -0.457 e. The zero-order valence-electron chi connectivity index (χ0n) is 29.8. The van der Waals surface area contributed by atoms with Crippen molar-refractivity contribution in [2.24, 2.45) is 0 Å². The second kappa shape index (κ2) is 11.1. The van der Waals surface area contributed by atoms with E-state index < -0.39 is 0 Å². The van der Waals surface area contributed by atoms with Gasteiger partial charge in [-0.3, -0.25) is 0 Å². The van der Waals surface area contributed by atoms with Crippen LogP contribution in [0.3, 0.4) is 0 Å². The molecular weight excluding hydrogens is 693 g/mol. The predicted octanol–water partition coefficient (Wildman–Crippen LogP) is 13.7. The summed E-state index contributed by atoms with van der Waals surface area (Å²) in [5, 5.41) is 0. The molecule has 0 atom stereocenters. The summed E-state index contributed by atoms with van der Waals surface area (Å²) >= 11 is 0. The van der Waals surface area contributed by atoms with Crippen molar-refractivity contribution in [2.75, 3.05) is 9.80 Å². The van der Waals surface area contributed by atoms with Gasteiger partial charge in [-0.05, 0) is 48.5 Å². The number of hydrogen-bond acceptors (Lipinski definition) is 6. The molecule has 0 aliphatic carbocycles. The Morgan fingerprint density at radius 1 is 0.286 bits per heavy atom. The summed E-state index contributed by atoms with van der Waals surface area (Å²) in [6, 6.07) is 59.1. The summed E-state index contributed by atoms with van der Waals surface area (Å²) in [5.74, 6) is 6.66. The molecule has 8 aromatic carbocycles. The highest BCUT2D eigenvalue weighted by Crippen LogP contribution is 2.62. The van der Waals surface area contributed by atoms with Gasteiger partial charge in [-0.25, -0.2) is 0 Å². The van der Waals surface area contributed by atoms with Crippen molar-refractivity contribution in [1.29, 1.82) is 0 Å². The summed E-state index contributed by atoms with van der Waals surface area (Å²) in [6.07, 6.45) is 0. The van der Waals surface area contributed by atoms with E-state index in [0.717, 1.165) is 114 Å². The van der Waals surface area contributed by atoms with Gasteiger partial charge in [-0.2, -0.15) is 0 Å². The SMILES string of the molecule is c1ccc2c(c1)Oc1cc(N3c4ccccc4N(c4cc5c6c(c4)Oc4ccccc4C6c4ccccc4O5)c4ccccc43)cc3c1C2c1ccccc1O3. The van der Waals surface area contributed by atoms with Crippen LogP contribution >= 0.6 is 0 Å². The maximum absolute atomic E-state index is 6.73. The highest BCUT2D eigenvalue weighted by atomic mass is 16.5. The monoisotopic (exact) mass is 722 g/mol. The van der Waals surface area contributed by atoms with Crippen molar-refractivity contribution in [2.45, 2.75) is 11.8 Å². The van der Waals surface area contributed by atoms with E-state index in [-0.39, 0.29) is 11.8 Å². The van der Waals surface area contributed by atoms with Gasteiger partial charge in [0.25, 0.3) is 0 Å². The van der Waals surface area contributed by atoms with Crippen molar-refractivity contribution in [3.63, 3.8) is 0 Å². The molecule has 5 aliphatic rings. The fourth-order valence-electron chi connectivity index (χ4n) is 9.52. The van der Waals surface area contributed by atoms with Crippen molar-refractivity contribution in [1.82, 2.24) is 0 Å². The van der Waals surface area contributed by atoms with E-state index in [1.807, 2.05) is 24.3 Å². The van der Waals surface area contributed by atoms with E-state index in [1.165, 1.54) is 0 Å². The summed E-state index contributed by atoms with van der Waals surface area (Å²) in [5.41, 5.74) is 12.6. The molecule has 0 amide bonds. The van der Waals surface area contributed by atoms with Gasteiger partial charge in [0, 0.05) is 69.5 Å². The molecule has 0 spiro atoms. The maximum atomic E-state index is 6.73. The van der Waals surface area contributed by atoms with Crippen molar-refractivity contribution in [3.8, 4) is 46.0 Å². The van der Waals surface area contributed by atoms with Gasteiger partial charge in [0.05, 0.1) is 34.1 Å². The lowest BCUT2D eigenvalue weighted by Gasteiger charge is -2.42. The van der Waals surface area contributed by atoms with Crippen LogP contribution in [0.5, 0.6) is 46.0 Å². The normalized spacial score (nSPS) is 14.8. The molecule has 264 valence electrons. The zero-order valence-corrected chi connectivity index (χ0v) is 29.8. The molecule has 0 bridgehead atoms. The van der Waals surface area contributed by atoms with E-state index >= 15 is 0 Å². The minimum atomic E-state index is 0.00776. The smallest absolute Gasteiger partial charge is 0.137 e. The molecule has 0 aromatic heterocycles. The second-order valence-electron chi connectivity index (χ2n) is 14.8. The highest BCUT2D eigenvalue weighted by Gasteiger charge is 2.41. The molecule has 0 fully saturated rings. The standard InChI is InChI=1S/C50H30N2O4/c1-9-21-39-31(13-1)47-32-14-2-10-22-40(32)54-44-26-29(25-43(53-39)49(44)47)51-35-17-5-7-19-37(35)52(38-20-8-6-18-36(38)51)30-27-45-50-46(28-30)56-42-24-12-4-16-34(42)48(50)33-15-3-11-23-41(33)55-45/h1-28,47-48H. The lowest BCUT2D eigenvalue weighted by molar-refractivity contribution is 0.409. The number of nitrogens with zero attached hydrogens (tertiary/aromatic N) is 2. The van der Waals surface area contributed by atoms with Crippen LogP contribution in [0.25, 0.3) is 0 Å². The van der Waals surface area contributed by atoms with Crippen LogP contribution in [-0.4, -0.2) is 0 Å². The van der Waals surface area contributed by atoms with Gasteiger partial charge in [0.1, 0.15) is 46.0 Å². The summed E-state index contributed by atoms with van der Waals surface area (Å²) in [7, 11) is 0. The summed E-state index contributed by atoms with van der Waals surface area (Å²) in [6.45, 7) is 0. The molecule has 0 saturated heterocycles. The number of rotatable bonds is 2. The Balaban J connectivity index is 0.990. The van der Waals surface area contributed by atoms with Crippen molar-refractivity contribution >= 4 is 34.1 Å². The second-order valence-corrected chi connectivity index (χ2v) is 14.8. The number of hydrogen-bond donors (Lipinski definition) is 0. The molecule has 8 aromatic rings. The van der Waals surface area contributed by atoms with Crippen molar-refractivity contribution in [3.05, 3.63) is 203 Å². The maximum Gasteiger partial charge on any atom is 0.137 e. The quantitative estimate of drug-likeness (QED) is 0.177. The lowest BCUT2D eigenvalue weighted by atomic mass is 9.80. The van der Waals surface area contributed by atoms with Gasteiger partial charge in [-0.1, -0.05) is 97.1 Å². The van der Waals surface area contributed by atoms with Crippen LogP contribution < -0.4 is 28.7 Å². The molecule has 0 saturated carbocycles. The topological polar surface area (TPSA) is 43.4 Å². The highest BCUT2D eigenvalue weighted by molar-refractivity contribution is 6.02. The fraction of sp³-hybridized carbons (Fsp3) is 0.0400. The van der Waals surface area contributed by atoms with Gasteiger partial charge in [-0.15, -0.1) is 0 Å². The van der Waals surface area contributed by atoms with E-state index in [9.17, 15) is 0 Å². The first-order valence-electron chi connectivity index (χ1n) is 19.0. The van der Waals surface area contributed by atoms with E-state index in [2.05, 4.69) is 155 Å². The molecule has 6 nitrogen and oxygen atoms in total. The number of ether oxygens (including phenoxy) is 4. The van der Waals surface area contributed by atoms with Crippen LogP contribution in [-0.2, 0) is 0 Å². The Labute approximate surface area is 323 Å². The third-order valence-electron chi connectivity index (χ3n) is 11.8. The predicted molar refractivity (Wildman–Crippen MR) is 217 cm³/mol. The first-order valence-corrected chi connectivity index (χ1v) is 19.0. The largest absolute Gasteiger partial charge is 0.457 e. The molecule has 5 heterocycles. The number of fused-ring (bicyclic) bond motifs is 10. The Kier molecular flexibility index (Phi) is 5.91. The molecule has 0 radical (unpaired) electrons. The van der Waals surface area contributed by atoms with Crippen molar-refractivity contribution < 1.29 is 18.9 Å². The molecule has 0 N–H and O–H groups in total. The minimum absolute atomic E-state index is 0.00776. The van der Waals surface area contributed by atoms with E-state index in [0.29, 0.717) is 0 Å². The van der Waals surface area contributed by atoms with E-state index in [4.69, 9.17) is 18.9 Å². The van der Waals surface area contributed by atoms with Gasteiger partial charge < -0.3 is 28.7 Å². The molecule has 5 aliphatic heterocycles. The van der Waals surface area contributed by atoms with E-state index in [1.54, 1.807) is 0 Å². The summed E-state index contributed by atoms with van der Waals surface area (Å²) < 4.78 is 26.9. The number of benzene rings is 8. The average molecular weight is 723 g/mol. The van der Waals surface area contributed by atoms with Crippen LogP contribution in [0.2, 0.25) is 0 Å². The molecule has 13 rings (SSSR count). The number of anilines is 6. The third kappa shape index (κ3) is 4.05. The molecule has 0 unspecified atom stereocenters. The lowest BCUT2D eigenvalue weighted by Crippen LogP contribution is -2.25. The summed E-state index contributed by atoms with van der Waals surface area (Å²) in [4.78, 5) is 4.64. The Bertz CT molecular complexity index is 2600. The van der Waals surface area contributed by atoms with Gasteiger partial charge in [0.2, 0.25) is 0 Å². The van der Waals surface area contributed by atoms with Gasteiger partial charge in [0.15, 0.2) is 0 Å². The Morgan fingerprint density at radius 2 is 0.536 bits per heavy atom. The van der Waals surface area contributed by atoms with Crippen LogP contribution in [0.15, 0.2) is 170 Å². The Morgan fingerprint density at radius 3 is 0.821 bits per heavy atom. The van der Waals surface area contributed by atoms with Crippen LogP contribution in [0.1, 0.15) is 45.2 Å². The Hall–Kier alpha value is -7.44. The first kappa shape index (κ1) is 29.9. The third-order valence-corrected chi connectivity index (χ3v) is 11.8. The average Bonchev–Trinajstić information content (AvgIpc) is 3.25. The molecular formula is C50H30N2O4.